The monoisotopic (exact) mass is 312 g/mol. The molecule has 0 atom stereocenters. The smallest absolute Gasteiger partial charge is 0.191 e. The molecular formula is C15H28N4OS. The Labute approximate surface area is 132 Å². The maximum atomic E-state index is 5.56. The Morgan fingerprint density at radius 3 is 2.71 bits per heavy atom. The van der Waals surface area contributed by atoms with E-state index in [1.165, 1.54) is 4.88 Å². The van der Waals surface area contributed by atoms with Gasteiger partial charge >= 0.3 is 0 Å². The zero-order valence-corrected chi connectivity index (χ0v) is 14.4. The van der Waals surface area contributed by atoms with E-state index in [0.29, 0.717) is 12.5 Å². The number of hydrogen-bond acceptors (Lipinski definition) is 4. The lowest BCUT2D eigenvalue weighted by Gasteiger charge is -2.12. The Hall–Kier alpha value is -1.14. The topological polar surface area (TPSA) is 58.5 Å². The SMILES string of the molecule is CN=C(NCCOCCC(C)C)NCCc1ncc(C)s1. The molecule has 0 saturated carbocycles. The summed E-state index contributed by atoms with van der Waals surface area (Å²) < 4.78 is 5.56. The Kier molecular flexibility index (Phi) is 9.01. The Bertz CT molecular complexity index is 418. The van der Waals surface area contributed by atoms with Crippen LogP contribution in [-0.4, -0.2) is 44.3 Å². The summed E-state index contributed by atoms with van der Waals surface area (Å²) in [6.07, 6.45) is 3.95. The number of thiazole rings is 1. The maximum Gasteiger partial charge on any atom is 0.191 e. The van der Waals surface area contributed by atoms with Gasteiger partial charge in [0.2, 0.25) is 0 Å². The van der Waals surface area contributed by atoms with Crippen LogP contribution in [0.5, 0.6) is 0 Å². The minimum atomic E-state index is 0.696. The number of rotatable bonds is 9. The molecule has 0 fully saturated rings. The molecule has 0 aromatic carbocycles. The third kappa shape index (κ3) is 8.67. The maximum absolute atomic E-state index is 5.56. The van der Waals surface area contributed by atoms with E-state index in [9.17, 15) is 0 Å². The van der Waals surface area contributed by atoms with E-state index in [4.69, 9.17) is 4.74 Å². The summed E-state index contributed by atoms with van der Waals surface area (Å²) in [4.78, 5) is 9.79. The molecule has 1 heterocycles. The number of guanidine groups is 1. The van der Waals surface area contributed by atoms with Crippen molar-refractivity contribution in [2.45, 2.75) is 33.6 Å². The molecule has 0 saturated heterocycles. The van der Waals surface area contributed by atoms with Crippen LogP contribution in [0.2, 0.25) is 0 Å². The van der Waals surface area contributed by atoms with Crippen LogP contribution in [0.25, 0.3) is 0 Å². The fourth-order valence-corrected chi connectivity index (χ4v) is 2.47. The summed E-state index contributed by atoms with van der Waals surface area (Å²) in [5, 5.41) is 7.69. The molecule has 0 aliphatic heterocycles. The van der Waals surface area contributed by atoms with Crippen molar-refractivity contribution in [3.05, 3.63) is 16.1 Å². The van der Waals surface area contributed by atoms with Crippen molar-refractivity contribution in [1.82, 2.24) is 15.6 Å². The van der Waals surface area contributed by atoms with Gasteiger partial charge in [-0.3, -0.25) is 4.99 Å². The Balaban J connectivity index is 2.06. The second-order valence-electron chi connectivity index (χ2n) is 5.34. The fraction of sp³-hybridized carbons (Fsp3) is 0.733. The van der Waals surface area contributed by atoms with Gasteiger partial charge in [-0.15, -0.1) is 11.3 Å². The largest absolute Gasteiger partial charge is 0.380 e. The molecule has 1 rings (SSSR count). The number of aliphatic imine (C=N–C) groups is 1. The van der Waals surface area contributed by atoms with Gasteiger partial charge in [-0.1, -0.05) is 13.8 Å². The third-order valence-corrected chi connectivity index (χ3v) is 3.87. The van der Waals surface area contributed by atoms with Crippen LogP contribution in [-0.2, 0) is 11.2 Å². The van der Waals surface area contributed by atoms with Crippen LogP contribution in [0.3, 0.4) is 0 Å². The second-order valence-corrected chi connectivity index (χ2v) is 6.65. The van der Waals surface area contributed by atoms with Crippen LogP contribution in [0.1, 0.15) is 30.2 Å². The number of hydrogen-bond donors (Lipinski definition) is 2. The molecule has 1 aromatic heterocycles. The average Bonchev–Trinajstić information content (AvgIpc) is 2.86. The van der Waals surface area contributed by atoms with Gasteiger partial charge in [-0.05, 0) is 19.3 Å². The average molecular weight is 312 g/mol. The first kappa shape index (κ1) is 17.9. The molecule has 0 amide bonds. The van der Waals surface area contributed by atoms with E-state index in [-0.39, 0.29) is 0 Å². The molecule has 120 valence electrons. The first-order valence-electron chi connectivity index (χ1n) is 7.55. The molecular weight excluding hydrogens is 284 g/mol. The van der Waals surface area contributed by atoms with Gasteiger partial charge in [0.25, 0.3) is 0 Å². The highest BCUT2D eigenvalue weighted by atomic mass is 32.1. The summed E-state index contributed by atoms with van der Waals surface area (Å²) in [6.45, 7) is 9.63. The van der Waals surface area contributed by atoms with Crippen LogP contribution in [0.15, 0.2) is 11.2 Å². The minimum Gasteiger partial charge on any atom is -0.380 e. The Morgan fingerprint density at radius 1 is 1.33 bits per heavy atom. The number of aromatic nitrogens is 1. The van der Waals surface area contributed by atoms with Crippen molar-refractivity contribution < 1.29 is 4.74 Å². The molecule has 0 bridgehead atoms. The van der Waals surface area contributed by atoms with E-state index >= 15 is 0 Å². The van der Waals surface area contributed by atoms with Crippen molar-refractivity contribution in [3.8, 4) is 0 Å². The van der Waals surface area contributed by atoms with Crippen LogP contribution in [0, 0.1) is 12.8 Å². The molecule has 5 nitrogen and oxygen atoms in total. The van der Waals surface area contributed by atoms with Gasteiger partial charge in [0.05, 0.1) is 11.6 Å². The number of ether oxygens (including phenoxy) is 1. The molecule has 0 aliphatic rings. The fourth-order valence-electron chi connectivity index (χ4n) is 1.69. The molecule has 21 heavy (non-hydrogen) atoms. The van der Waals surface area contributed by atoms with Gasteiger partial charge < -0.3 is 15.4 Å². The Morgan fingerprint density at radius 2 is 2.10 bits per heavy atom. The number of nitrogens with one attached hydrogen (secondary N) is 2. The summed E-state index contributed by atoms with van der Waals surface area (Å²) in [5.74, 6) is 1.51. The van der Waals surface area contributed by atoms with E-state index in [2.05, 4.69) is 41.4 Å². The van der Waals surface area contributed by atoms with Gasteiger partial charge in [-0.2, -0.15) is 0 Å². The van der Waals surface area contributed by atoms with Crippen LogP contribution < -0.4 is 10.6 Å². The van der Waals surface area contributed by atoms with Crippen molar-refractivity contribution in [1.29, 1.82) is 0 Å². The lowest BCUT2D eigenvalue weighted by molar-refractivity contribution is 0.128. The highest BCUT2D eigenvalue weighted by Gasteiger charge is 2.01. The predicted molar refractivity (Wildman–Crippen MR) is 90.2 cm³/mol. The van der Waals surface area contributed by atoms with Gasteiger partial charge in [0, 0.05) is 44.2 Å². The van der Waals surface area contributed by atoms with Crippen LogP contribution >= 0.6 is 11.3 Å². The second kappa shape index (κ2) is 10.6. The molecule has 6 heteroatoms. The molecule has 0 unspecified atom stereocenters. The lowest BCUT2D eigenvalue weighted by atomic mass is 10.1. The third-order valence-electron chi connectivity index (χ3n) is 2.90. The van der Waals surface area contributed by atoms with Crippen molar-refractivity contribution in [3.63, 3.8) is 0 Å². The number of nitrogens with zero attached hydrogens (tertiary/aromatic N) is 2. The van der Waals surface area contributed by atoms with Crippen molar-refractivity contribution in [2.24, 2.45) is 10.9 Å². The van der Waals surface area contributed by atoms with Crippen LogP contribution in [0.4, 0.5) is 0 Å². The van der Waals surface area contributed by atoms with Crippen molar-refractivity contribution >= 4 is 17.3 Å². The highest BCUT2D eigenvalue weighted by Crippen LogP contribution is 2.10. The first-order valence-corrected chi connectivity index (χ1v) is 8.37. The molecule has 2 N–H and O–H groups in total. The zero-order chi connectivity index (χ0) is 15.5. The molecule has 0 radical (unpaired) electrons. The van der Waals surface area contributed by atoms with Crippen molar-refractivity contribution in [2.75, 3.05) is 33.4 Å². The molecule has 0 aliphatic carbocycles. The summed E-state index contributed by atoms with van der Waals surface area (Å²) in [7, 11) is 1.78. The van der Waals surface area contributed by atoms with Gasteiger partial charge in [0.1, 0.15) is 0 Å². The van der Waals surface area contributed by atoms with E-state index < -0.39 is 0 Å². The first-order chi connectivity index (χ1) is 10.1. The van der Waals surface area contributed by atoms with Gasteiger partial charge in [-0.25, -0.2) is 4.98 Å². The highest BCUT2D eigenvalue weighted by molar-refractivity contribution is 7.11. The van der Waals surface area contributed by atoms with Gasteiger partial charge in [0.15, 0.2) is 5.96 Å². The normalized spacial score (nSPS) is 12.0. The molecule has 1 aromatic rings. The van der Waals surface area contributed by atoms with E-state index in [0.717, 1.165) is 43.5 Å². The minimum absolute atomic E-state index is 0.696. The van der Waals surface area contributed by atoms with E-state index in [1.54, 1.807) is 18.4 Å². The summed E-state index contributed by atoms with van der Waals surface area (Å²) in [5.41, 5.74) is 0. The quantitative estimate of drug-likeness (QED) is 0.417. The molecule has 0 spiro atoms. The standard InChI is InChI=1S/C15H28N4OS/c1-12(2)6-9-20-10-8-18-15(16-4)17-7-5-14-19-11-13(3)21-14/h11-12H,5-10H2,1-4H3,(H2,16,17,18). The summed E-state index contributed by atoms with van der Waals surface area (Å²) >= 11 is 1.74. The zero-order valence-electron chi connectivity index (χ0n) is 13.6. The lowest BCUT2D eigenvalue weighted by Crippen LogP contribution is -2.39. The van der Waals surface area contributed by atoms with E-state index in [1.807, 2.05) is 6.20 Å². The predicted octanol–water partition coefficient (Wildman–Crippen LogP) is 2.22. The summed E-state index contributed by atoms with van der Waals surface area (Å²) in [6, 6.07) is 0. The number of aryl methyl sites for hydroxylation is 1.